The molecule has 2 N–H and O–H groups in total. The lowest BCUT2D eigenvalue weighted by atomic mass is 10.1. The summed E-state index contributed by atoms with van der Waals surface area (Å²) in [6.45, 7) is 5.91. The Morgan fingerprint density at radius 2 is 1.97 bits per heavy atom. The number of hydrogen-bond acceptors (Lipinski definition) is 5. The number of benzene rings is 1. The molecule has 3 rings (SSSR count). The first-order chi connectivity index (χ1) is 14.3. The van der Waals surface area contributed by atoms with Gasteiger partial charge in [0.1, 0.15) is 11.5 Å². The smallest absolute Gasteiger partial charge is 0.339 e. The highest BCUT2D eigenvalue weighted by atomic mass is 35.5. The number of H-pyrrole nitrogens is 2. The summed E-state index contributed by atoms with van der Waals surface area (Å²) >= 11 is 6.02. The molecule has 0 fully saturated rings. The fourth-order valence-electron chi connectivity index (χ4n) is 3.47. The van der Waals surface area contributed by atoms with Crippen LogP contribution in [0.3, 0.4) is 0 Å². The summed E-state index contributed by atoms with van der Waals surface area (Å²) in [4.78, 5) is 49.5. The fraction of sp³-hybridized carbons (Fsp3) is 0.333. The highest BCUT2D eigenvalue weighted by Crippen LogP contribution is 2.21. The number of esters is 1. The number of rotatable bonds is 6. The van der Waals surface area contributed by atoms with Gasteiger partial charge in [0.25, 0.3) is 11.5 Å². The summed E-state index contributed by atoms with van der Waals surface area (Å²) < 4.78 is 4.81. The van der Waals surface area contributed by atoms with Crippen molar-refractivity contribution in [2.45, 2.75) is 33.7 Å². The van der Waals surface area contributed by atoms with Gasteiger partial charge >= 0.3 is 5.97 Å². The summed E-state index contributed by atoms with van der Waals surface area (Å²) in [6.07, 6.45) is 0.706. The van der Waals surface area contributed by atoms with Crippen molar-refractivity contribution in [3.8, 4) is 0 Å². The van der Waals surface area contributed by atoms with Gasteiger partial charge in [-0.15, -0.1) is 0 Å². The average molecular weight is 431 g/mol. The Morgan fingerprint density at radius 1 is 1.23 bits per heavy atom. The number of ether oxygens (including phenoxy) is 1. The number of fused-ring (bicyclic) bond motifs is 1. The second-order valence-corrected chi connectivity index (χ2v) is 7.45. The maximum Gasteiger partial charge on any atom is 0.339 e. The number of aryl methyl sites for hydroxylation is 1. The van der Waals surface area contributed by atoms with Gasteiger partial charge in [-0.2, -0.15) is 0 Å². The molecule has 8 nitrogen and oxygen atoms in total. The van der Waals surface area contributed by atoms with Gasteiger partial charge in [-0.3, -0.25) is 9.59 Å². The number of amides is 1. The molecule has 1 aromatic carbocycles. The number of carbonyl (C=O) groups excluding carboxylic acids is 2. The number of carbonyl (C=O) groups is 2. The number of nitrogens with one attached hydrogen (secondary N) is 2. The molecule has 2 heterocycles. The Hall–Kier alpha value is -3.13. The molecule has 0 spiro atoms. The normalized spacial score (nSPS) is 11.0. The van der Waals surface area contributed by atoms with Crippen molar-refractivity contribution in [2.24, 2.45) is 0 Å². The number of aromatic nitrogens is 3. The van der Waals surface area contributed by atoms with Crippen molar-refractivity contribution in [1.29, 1.82) is 0 Å². The number of hydrogen-bond donors (Lipinski definition) is 2. The Balaban J connectivity index is 1.97. The lowest BCUT2D eigenvalue weighted by molar-refractivity contribution is 0.0599. The quantitative estimate of drug-likeness (QED) is 0.583. The molecule has 2 aromatic heterocycles. The number of aromatic amines is 2. The van der Waals surface area contributed by atoms with Crippen LogP contribution in [0.1, 0.15) is 51.3 Å². The van der Waals surface area contributed by atoms with E-state index in [1.54, 1.807) is 36.9 Å². The Bertz CT molecular complexity index is 1180. The Labute approximate surface area is 178 Å². The maximum absolute atomic E-state index is 13.2. The Kier molecular flexibility index (Phi) is 6.26. The van der Waals surface area contributed by atoms with Crippen LogP contribution in [0, 0.1) is 13.8 Å². The second kappa shape index (κ2) is 8.71. The lowest BCUT2D eigenvalue weighted by Gasteiger charge is -2.21. The first-order valence-corrected chi connectivity index (χ1v) is 9.89. The largest absolute Gasteiger partial charge is 0.465 e. The van der Waals surface area contributed by atoms with Crippen molar-refractivity contribution >= 4 is 34.4 Å². The zero-order chi connectivity index (χ0) is 22.0. The molecule has 158 valence electrons. The van der Waals surface area contributed by atoms with Crippen molar-refractivity contribution < 1.29 is 14.3 Å². The summed E-state index contributed by atoms with van der Waals surface area (Å²) in [5.74, 6) is -0.438. The average Bonchev–Trinajstić information content (AvgIpc) is 3.00. The first kappa shape index (κ1) is 21.6. The molecule has 0 bridgehead atoms. The van der Waals surface area contributed by atoms with Crippen LogP contribution in [0.2, 0.25) is 5.02 Å². The van der Waals surface area contributed by atoms with Crippen LogP contribution < -0.4 is 5.56 Å². The van der Waals surface area contributed by atoms with Crippen LogP contribution in [-0.2, 0) is 11.3 Å². The van der Waals surface area contributed by atoms with Crippen molar-refractivity contribution in [3.05, 3.63) is 61.9 Å². The van der Waals surface area contributed by atoms with Gasteiger partial charge in [0.2, 0.25) is 0 Å². The van der Waals surface area contributed by atoms with E-state index in [9.17, 15) is 14.4 Å². The molecular formula is C21H23ClN4O4. The van der Waals surface area contributed by atoms with Crippen LogP contribution >= 0.6 is 11.6 Å². The standard InChI is InChI=1S/C21H23ClN4O4/c1-5-8-26(20(28)18-11(2)17(12(3)23-18)21(29)30-4)10-16-24-15-9-13(22)6-7-14(15)19(27)25-16/h6-7,9,23H,5,8,10H2,1-4H3,(H,24,25,27). The van der Waals surface area contributed by atoms with Crippen LogP contribution in [-0.4, -0.2) is 45.4 Å². The van der Waals surface area contributed by atoms with Crippen LogP contribution in [0.15, 0.2) is 23.0 Å². The van der Waals surface area contributed by atoms with Gasteiger partial charge in [0.15, 0.2) is 0 Å². The predicted molar refractivity (Wildman–Crippen MR) is 114 cm³/mol. The summed E-state index contributed by atoms with van der Waals surface area (Å²) in [6, 6.07) is 4.85. The lowest BCUT2D eigenvalue weighted by Crippen LogP contribution is -2.33. The third-order valence-electron chi connectivity index (χ3n) is 4.88. The molecule has 30 heavy (non-hydrogen) atoms. The Morgan fingerprint density at radius 3 is 2.63 bits per heavy atom. The van der Waals surface area contributed by atoms with Gasteiger partial charge in [0, 0.05) is 17.3 Å². The molecule has 0 atom stereocenters. The highest BCUT2D eigenvalue weighted by Gasteiger charge is 2.26. The molecule has 0 saturated carbocycles. The molecule has 0 unspecified atom stereocenters. The van der Waals surface area contributed by atoms with Crippen molar-refractivity contribution in [2.75, 3.05) is 13.7 Å². The monoisotopic (exact) mass is 430 g/mol. The molecule has 0 aliphatic carbocycles. The van der Waals surface area contributed by atoms with Gasteiger partial charge in [-0.05, 0) is 44.0 Å². The summed E-state index contributed by atoms with van der Waals surface area (Å²) in [7, 11) is 1.30. The molecule has 0 radical (unpaired) electrons. The van der Waals surface area contributed by atoms with E-state index in [4.69, 9.17) is 16.3 Å². The van der Waals surface area contributed by atoms with Crippen molar-refractivity contribution in [3.63, 3.8) is 0 Å². The van der Waals surface area contributed by atoms with Gasteiger partial charge in [0.05, 0.1) is 30.1 Å². The van der Waals surface area contributed by atoms with Crippen LogP contribution in [0.5, 0.6) is 0 Å². The summed E-state index contributed by atoms with van der Waals surface area (Å²) in [5, 5.41) is 0.899. The number of halogens is 1. The molecule has 1 amide bonds. The van der Waals surface area contributed by atoms with E-state index in [0.29, 0.717) is 57.2 Å². The van der Waals surface area contributed by atoms with Gasteiger partial charge in [-0.25, -0.2) is 9.78 Å². The van der Waals surface area contributed by atoms with E-state index in [1.165, 1.54) is 7.11 Å². The molecule has 9 heteroatoms. The maximum atomic E-state index is 13.2. The van der Waals surface area contributed by atoms with E-state index in [0.717, 1.165) is 0 Å². The number of nitrogens with zero attached hydrogens (tertiary/aromatic N) is 2. The molecular weight excluding hydrogens is 408 g/mol. The van der Waals surface area contributed by atoms with E-state index in [1.807, 2.05) is 6.92 Å². The molecule has 0 aliphatic rings. The van der Waals surface area contributed by atoms with E-state index >= 15 is 0 Å². The topological polar surface area (TPSA) is 108 Å². The number of methoxy groups -OCH3 is 1. The molecule has 0 saturated heterocycles. The zero-order valence-electron chi connectivity index (χ0n) is 17.3. The third-order valence-corrected chi connectivity index (χ3v) is 5.11. The summed E-state index contributed by atoms with van der Waals surface area (Å²) in [5.41, 5.74) is 1.92. The van der Waals surface area contributed by atoms with Gasteiger partial charge in [-0.1, -0.05) is 18.5 Å². The fourth-order valence-corrected chi connectivity index (χ4v) is 3.64. The van der Waals surface area contributed by atoms with Crippen LogP contribution in [0.4, 0.5) is 0 Å². The first-order valence-electron chi connectivity index (χ1n) is 9.52. The molecule has 0 aliphatic heterocycles. The highest BCUT2D eigenvalue weighted by molar-refractivity contribution is 6.31. The molecule has 3 aromatic rings. The van der Waals surface area contributed by atoms with Crippen LogP contribution in [0.25, 0.3) is 10.9 Å². The van der Waals surface area contributed by atoms with E-state index < -0.39 is 5.97 Å². The minimum atomic E-state index is -0.500. The predicted octanol–water partition coefficient (Wildman–Crippen LogP) is 3.36. The van der Waals surface area contributed by atoms with Crippen molar-refractivity contribution in [1.82, 2.24) is 19.9 Å². The second-order valence-electron chi connectivity index (χ2n) is 7.02. The SMILES string of the molecule is CCCN(Cc1nc2cc(Cl)ccc2c(=O)[nH]1)C(=O)c1[nH]c(C)c(C(=O)OC)c1C. The minimum Gasteiger partial charge on any atom is -0.465 e. The minimum absolute atomic E-state index is 0.107. The third kappa shape index (κ3) is 4.09. The zero-order valence-corrected chi connectivity index (χ0v) is 18.0. The van der Waals surface area contributed by atoms with Gasteiger partial charge < -0.3 is 19.6 Å². The van der Waals surface area contributed by atoms with E-state index in [2.05, 4.69) is 15.0 Å². The van der Waals surface area contributed by atoms with E-state index in [-0.39, 0.29) is 18.0 Å².